The van der Waals surface area contributed by atoms with Crippen molar-refractivity contribution in [1.82, 2.24) is 14.9 Å². The van der Waals surface area contributed by atoms with E-state index in [1.54, 1.807) is 0 Å². The fraction of sp³-hybridized carbons (Fsp3) is 0.714. The number of sulfone groups is 1. The Kier molecular flexibility index (Phi) is 3.58. The average Bonchev–Trinajstić information content (AvgIpc) is 2.69. The molecule has 0 bridgehead atoms. The van der Waals surface area contributed by atoms with Gasteiger partial charge in [0.15, 0.2) is 0 Å². The predicted octanol–water partition coefficient (Wildman–Crippen LogP) is -1.02. The van der Waals surface area contributed by atoms with E-state index in [1.165, 1.54) is 0 Å². The lowest BCUT2D eigenvalue weighted by Crippen LogP contribution is -2.40. The van der Waals surface area contributed by atoms with Gasteiger partial charge < -0.3 is 5.73 Å². The van der Waals surface area contributed by atoms with Crippen LogP contribution in [0.2, 0.25) is 0 Å². The third-order valence-electron chi connectivity index (χ3n) is 2.53. The Bertz CT molecular complexity index is 621. The largest absolute Gasteiger partial charge is 0.374 e. The molecular weight excluding hydrogens is 300 g/mol. The summed E-state index contributed by atoms with van der Waals surface area (Å²) in [5.41, 5.74) is 5.32. The van der Waals surface area contributed by atoms with Crippen LogP contribution in [-0.2, 0) is 19.9 Å². The zero-order chi connectivity index (χ0) is 13.4. The normalized spacial score (nSPS) is 20.9. The first-order chi connectivity index (χ1) is 8.28. The molecule has 102 valence electrons. The first-order valence-electron chi connectivity index (χ1n) is 5.10. The molecule has 11 heteroatoms. The lowest BCUT2D eigenvalue weighted by Gasteiger charge is -2.21. The predicted molar refractivity (Wildman–Crippen MR) is 66.3 cm³/mol. The maximum atomic E-state index is 11.9. The van der Waals surface area contributed by atoms with Crippen molar-refractivity contribution >= 4 is 36.3 Å². The molecule has 1 fully saturated rings. The summed E-state index contributed by atoms with van der Waals surface area (Å²) in [6.45, 7) is 0. The van der Waals surface area contributed by atoms with E-state index in [0.29, 0.717) is 0 Å². The van der Waals surface area contributed by atoms with Crippen LogP contribution in [0.15, 0.2) is 4.34 Å². The number of nitrogens with zero attached hydrogens (tertiary/aromatic N) is 2. The fourth-order valence-corrected chi connectivity index (χ4v) is 5.20. The number of hydrogen-bond donors (Lipinski definition) is 2. The molecule has 1 aliphatic rings. The highest BCUT2D eigenvalue weighted by atomic mass is 32.2. The van der Waals surface area contributed by atoms with E-state index in [4.69, 9.17) is 5.73 Å². The SMILES string of the molecule is Nc1nnc(S(=O)(=O)NC2CCS(=O)(=O)CC2)s1. The summed E-state index contributed by atoms with van der Waals surface area (Å²) in [5, 5.41) is 6.96. The van der Waals surface area contributed by atoms with Crippen LogP contribution in [0.1, 0.15) is 12.8 Å². The van der Waals surface area contributed by atoms with Crippen molar-refractivity contribution in [3.05, 3.63) is 0 Å². The number of sulfonamides is 1. The monoisotopic (exact) mass is 312 g/mol. The maximum absolute atomic E-state index is 11.9. The quantitative estimate of drug-likeness (QED) is 0.729. The average molecular weight is 312 g/mol. The first kappa shape index (κ1) is 13.6. The van der Waals surface area contributed by atoms with Crippen molar-refractivity contribution in [1.29, 1.82) is 0 Å². The molecule has 0 saturated carbocycles. The van der Waals surface area contributed by atoms with Gasteiger partial charge in [0.25, 0.3) is 10.0 Å². The molecule has 0 spiro atoms. The molecular formula is C7H12N4O4S3. The van der Waals surface area contributed by atoms with E-state index < -0.39 is 19.9 Å². The summed E-state index contributed by atoms with van der Waals surface area (Å²) in [7, 11) is -6.77. The van der Waals surface area contributed by atoms with Crippen molar-refractivity contribution in [3.63, 3.8) is 0 Å². The van der Waals surface area contributed by atoms with E-state index in [2.05, 4.69) is 14.9 Å². The van der Waals surface area contributed by atoms with Crippen LogP contribution in [0.4, 0.5) is 5.13 Å². The number of nitrogens with two attached hydrogens (primary N) is 1. The van der Waals surface area contributed by atoms with Crippen LogP contribution in [0.5, 0.6) is 0 Å². The third kappa shape index (κ3) is 3.16. The zero-order valence-electron chi connectivity index (χ0n) is 9.24. The molecule has 18 heavy (non-hydrogen) atoms. The Morgan fingerprint density at radius 1 is 1.28 bits per heavy atom. The van der Waals surface area contributed by atoms with Crippen LogP contribution in [0.3, 0.4) is 0 Å². The van der Waals surface area contributed by atoms with E-state index in [0.717, 1.165) is 11.3 Å². The number of hydrogen-bond acceptors (Lipinski definition) is 8. The minimum atomic E-state index is -3.76. The molecule has 0 unspecified atom stereocenters. The molecule has 2 heterocycles. The molecule has 0 aromatic carbocycles. The summed E-state index contributed by atoms with van der Waals surface area (Å²) >= 11 is 0.770. The molecule has 1 aromatic rings. The van der Waals surface area contributed by atoms with Gasteiger partial charge in [-0.3, -0.25) is 0 Å². The van der Waals surface area contributed by atoms with Crippen LogP contribution in [0.25, 0.3) is 0 Å². The van der Waals surface area contributed by atoms with Gasteiger partial charge in [-0.25, -0.2) is 21.6 Å². The van der Waals surface area contributed by atoms with Crippen LogP contribution >= 0.6 is 11.3 Å². The Morgan fingerprint density at radius 2 is 1.89 bits per heavy atom. The molecule has 3 N–H and O–H groups in total. The van der Waals surface area contributed by atoms with Crippen molar-refractivity contribution in [2.75, 3.05) is 17.2 Å². The highest BCUT2D eigenvalue weighted by Crippen LogP contribution is 2.19. The van der Waals surface area contributed by atoms with Gasteiger partial charge in [-0.15, -0.1) is 10.2 Å². The van der Waals surface area contributed by atoms with Gasteiger partial charge >= 0.3 is 0 Å². The minimum Gasteiger partial charge on any atom is -0.374 e. The fourth-order valence-electron chi connectivity index (χ4n) is 1.61. The Morgan fingerprint density at radius 3 is 2.39 bits per heavy atom. The number of rotatable bonds is 3. The minimum absolute atomic E-state index is 0.00154. The summed E-state index contributed by atoms with van der Waals surface area (Å²) < 4.78 is 48.4. The summed E-state index contributed by atoms with van der Waals surface area (Å²) in [5.74, 6) is -0.00309. The van der Waals surface area contributed by atoms with E-state index >= 15 is 0 Å². The van der Waals surface area contributed by atoms with Crippen molar-refractivity contribution in [2.45, 2.75) is 23.2 Å². The highest BCUT2D eigenvalue weighted by Gasteiger charge is 2.29. The Balaban J connectivity index is 2.06. The van der Waals surface area contributed by atoms with E-state index in [9.17, 15) is 16.8 Å². The Labute approximate surface area is 109 Å². The summed E-state index contributed by atoms with van der Waals surface area (Å²) in [6.07, 6.45) is 0.547. The molecule has 1 aromatic heterocycles. The summed E-state index contributed by atoms with van der Waals surface area (Å²) in [6, 6.07) is -0.386. The van der Waals surface area contributed by atoms with Gasteiger partial charge in [0.2, 0.25) is 9.47 Å². The van der Waals surface area contributed by atoms with Gasteiger partial charge in [-0.1, -0.05) is 11.3 Å². The molecule has 1 saturated heterocycles. The molecule has 0 atom stereocenters. The van der Waals surface area contributed by atoms with E-state index in [1.807, 2.05) is 0 Å². The second-order valence-corrected chi connectivity index (χ2v) is 9.15. The Hall–Kier alpha value is -0.780. The molecule has 0 aliphatic carbocycles. The topological polar surface area (TPSA) is 132 Å². The smallest absolute Gasteiger partial charge is 0.270 e. The number of nitrogen functional groups attached to an aromatic ring is 1. The lowest BCUT2D eigenvalue weighted by molar-refractivity contribution is 0.504. The van der Waals surface area contributed by atoms with Crippen LogP contribution in [-0.4, -0.2) is 44.6 Å². The van der Waals surface area contributed by atoms with Crippen LogP contribution in [0, 0.1) is 0 Å². The van der Waals surface area contributed by atoms with E-state index in [-0.39, 0.29) is 39.9 Å². The molecule has 0 radical (unpaired) electrons. The molecule has 8 nitrogen and oxygen atoms in total. The molecule has 2 rings (SSSR count). The van der Waals surface area contributed by atoms with Gasteiger partial charge in [0, 0.05) is 6.04 Å². The maximum Gasteiger partial charge on any atom is 0.270 e. The number of anilines is 1. The van der Waals surface area contributed by atoms with Crippen molar-refractivity contribution in [2.24, 2.45) is 0 Å². The van der Waals surface area contributed by atoms with Gasteiger partial charge in [0.05, 0.1) is 11.5 Å². The zero-order valence-corrected chi connectivity index (χ0v) is 11.7. The van der Waals surface area contributed by atoms with Gasteiger partial charge in [-0.05, 0) is 12.8 Å². The second kappa shape index (κ2) is 4.72. The summed E-state index contributed by atoms with van der Waals surface area (Å²) in [4.78, 5) is 0. The third-order valence-corrected chi connectivity index (χ3v) is 6.88. The first-order valence-corrected chi connectivity index (χ1v) is 9.22. The standard InChI is InChI=1S/C7H12N4O4S3/c8-6-9-10-7(16-6)18(14,15)11-5-1-3-17(12,13)4-2-5/h5,11H,1-4H2,(H2,8,9). The highest BCUT2D eigenvalue weighted by molar-refractivity contribution is 7.92. The molecule has 1 aliphatic heterocycles. The lowest BCUT2D eigenvalue weighted by atomic mass is 10.2. The van der Waals surface area contributed by atoms with Crippen molar-refractivity contribution < 1.29 is 16.8 Å². The number of aromatic nitrogens is 2. The van der Waals surface area contributed by atoms with Gasteiger partial charge in [0.1, 0.15) is 9.84 Å². The number of nitrogens with one attached hydrogen (secondary N) is 1. The van der Waals surface area contributed by atoms with Crippen molar-refractivity contribution in [3.8, 4) is 0 Å². The van der Waals surface area contributed by atoms with Gasteiger partial charge in [-0.2, -0.15) is 0 Å². The van der Waals surface area contributed by atoms with Crippen LogP contribution < -0.4 is 10.5 Å². The molecule has 0 amide bonds. The second-order valence-electron chi connectivity index (χ2n) is 3.95.